The van der Waals surface area contributed by atoms with Gasteiger partial charge in [-0.3, -0.25) is 4.79 Å². The maximum atomic E-state index is 12.4. The summed E-state index contributed by atoms with van der Waals surface area (Å²) in [5, 5.41) is 3.03. The first-order chi connectivity index (χ1) is 11.8. The van der Waals surface area contributed by atoms with Crippen LogP contribution in [-0.4, -0.2) is 48.7 Å². The van der Waals surface area contributed by atoms with E-state index >= 15 is 0 Å². The summed E-state index contributed by atoms with van der Waals surface area (Å²) < 4.78 is 5.29. The number of aromatic nitrogens is 2. The van der Waals surface area contributed by atoms with Crippen molar-refractivity contribution in [2.45, 2.75) is 26.2 Å². The highest BCUT2D eigenvalue weighted by Gasteiger charge is 2.27. The van der Waals surface area contributed by atoms with Gasteiger partial charge in [0.15, 0.2) is 0 Å². The van der Waals surface area contributed by atoms with E-state index in [1.54, 1.807) is 0 Å². The second-order valence-electron chi connectivity index (χ2n) is 6.20. The molecule has 0 saturated carbocycles. The molecule has 0 bridgehead atoms. The lowest BCUT2D eigenvalue weighted by molar-refractivity contribution is -0.125. The maximum absolute atomic E-state index is 12.4. The number of piperidine rings is 1. The minimum atomic E-state index is 0.0269. The number of fused-ring (bicyclic) bond motifs is 1. The molecule has 6 heteroatoms. The molecular formula is C18H26N4O2. The quantitative estimate of drug-likeness (QED) is 0.765. The minimum absolute atomic E-state index is 0.0269. The lowest BCUT2D eigenvalue weighted by Gasteiger charge is -2.31. The molecule has 1 amide bonds. The van der Waals surface area contributed by atoms with Crippen LogP contribution in [0.25, 0.3) is 11.0 Å². The van der Waals surface area contributed by atoms with E-state index in [1.807, 2.05) is 31.2 Å². The molecule has 3 rings (SSSR count). The van der Waals surface area contributed by atoms with Gasteiger partial charge in [-0.05, 0) is 38.3 Å². The smallest absolute Gasteiger partial charge is 0.224 e. The predicted octanol–water partition coefficient (Wildman–Crippen LogP) is 2.32. The molecule has 1 aliphatic heterocycles. The Kier molecular flexibility index (Phi) is 5.69. The van der Waals surface area contributed by atoms with Crippen molar-refractivity contribution in [3.05, 3.63) is 24.3 Å². The van der Waals surface area contributed by atoms with Gasteiger partial charge < -0.3 is 19.9 Å². The van der Waals surface area contributed by atoms with Gasteiger partial charge in [-0.2, -0.15) is 0 Å². The number of carbonyl (C=O) groups is 1. The molecule has 6 nitrogen and oxygen atoms in total. The van der Waals surface area contributed by atoms with Gasteiger partial charge in [-0.25, -0.2) is 4.98 Å². The molecule has 130 valence electrons. The number of aromatic amines is 1. The molecule has 0 spiro atoms. The SMILES string of the molecule is CCOCCCNC(=O)[C@@H]1CCCN(c2nc3ccccc3[nH]2)C1. The number of imidazole rings is 1. The number of benzene rings is 1. The Labute approximate surface area is 142 Å². The third-order valence-corrected chi connectivity index (χ3v) is 4.44. The van der Waals surface area contributed by atoms with Crippen molar-refractivity contribution in [2.75, 3.05) is 37.7 Å². The van der Waals surface area contributed by atoms with Crippen molar-refractivity contribution in [1.82, 2.24) is 15.3 Å². The molecule has 1 atom stereocenters. The average Bonchev–Trinajstić information content (AvgIpc) is 3.06. The molecule has 1 saturated heterocycles. The zero-order chi connectivity index (χ0) is 16.8. The molecule has 1 aromatic heterocycles. The highest BCUT2D eigenvalue weighted by Crippen LogP contribution is 2.23. The molecule has 1 fully saturated rings. The number of rotatable bonds is 7. The van der Waals surface area contributed by atoms with Crippen LogP contribution in [0.3, 0.4) is 0 Å². The van der Waals surface area contributed by atoms with Gasteiger partial charge in [0, 0.05) is 32.8 Å². The van der Waals surface area contributed by atoms with Crippen LogP contribution in [0.5, 0.6) is 0 Å². The number of amides is 1. The van der Waals surface area contributed by atoms with Gasteiger partial charge in [0.25, 0.3) is 0 Å². The third kappa shape index (κ3) is 4.06. The van der Waals surface area contributed by atoms with Gasteiger partial charge in [0.2, 0.25) is 11.9 Å². The van der Waals surface area contributed by atoms with Gasteiger partial charge in [-0.1, -0.05) is 12.1 Å². The van der Waals surface area contributed by atoms with Crippen molar-refractivity contribution in [1.29, 1.82) is 0 Å². The Bertz CT molecular complexity index is 637. The first kappa shape index (κ1) is 16.8. The summed E-state index contributed by atoms with van der Waals surface area (Å²) in [6.45, 7) is 5.74. The van der Waals surface area contributed by atoms with E-state index in [4.69, 9.17) is 4.74 Å². The molecule has 2 heterocycles. The van der Waals surface area contributed by atoms with E-state index in [0.717, 1.165) is 55.9 Å². The summed E-state index contributed by atoms with van der Waals surface area (Å²) in [4.78, 5) is 22.6. The molecule has 1 aromatic carbocycles. The number of anilines is 1. The summed E-state index contributed by atoms with van der Waals surface area (Å²) in [5.41, 5.74) is 2.00. The first-order valence-corrected chi connectivity index (χ1v) is 8.83. The lowest BCUT2D eigenvalue weighted by Crippen LogP contribution is -2.43. The average molecular weight is 330 g/mol. The summed E-state index contributed by atoms with van der Waals surface area (Å²) in [7, 11) is 0. The summed E-state index contributed by atoms with van der Waals surface area (Å²) in [5.74, 6) is 1.04. The lowest BCUT2D eigenvalue weighted by atomic mass is 9.97. The fraction of sp³-hybridized carbons (Fsp3) is 0.556. The molecule has 2 N–H and O–H groups in total. The maximum Gasteiger partial charge on any atom is 0.224 e. The zero-order valence-electron chi connectivity index (χ0n) is 14.3. The zero-order valence-corrected chi connectivity index (χ0v) is 14.3. The molecule has 24 heavy (non-hydrogen) atoms. The number of hydrogen-bond donors (Lipinski definition) is 2. The number of nitrogens with one attached hydrogen (secondary N) is 2. The van der Waals surface area contributed by atoms with Crippen LogP contribution in [0.1, 0.15) is 26.2 Å². The molecule has 1 aliphatic rings. The van der Waals surface area contributed by atoms with Crippen LogP contribution in [0.15, 0.2) is 24.3 Å². The van der Waals surface area contributed by atoms with Gasteiger partial charge in [0.1, 0.15) is 0 Å². The summed E-state index contributed by atoms with van der Waals surface area (Å²) >= 11 is 0. The number of H-pyrrole nitrogens is 1. The second kappa shape index (κ2) is 8.15. The summed E-state index contributed by atoms with van der Waals surface area (Å²) in [6, 6.07) is 8.01. The van der Waals surface area contributed by atoms with Gasteiger partial charge in [-0.15, -0.1) is 0 Å². The number of hydrogen-bond acceptors (Lipinski definition) is 4. The fourth-order valence-electron chi connectivity index (χ4n) is 3.15. The first-order valence-electron chi connectivity index (χ1n) is 8.83. The number of nitrogens with zero attached hydrogens (tertiary/aromatic N) is 2. The van der Waals surface area contributed by atoms with Gasteiger partial charge >= 0.3 is 0 Å². The Hall–Kier alpha value is -2.08. The van der Waals surface area contributed by atoms with E-state index < -0.39 is 0 Å². The second-order valence-corrected chi connectivity index (χ2v) is 6.20. The highest BCUT2D eigenvalue weighted by atomic mass is 16.5. The van der Waals surface area contributed by atoms with E-state index in [1.165, 1.54) is 0 Å². The largest absolute Gasteiger partial charge is 0.382 e. The van der Waals surface area contributed by atoms with Crippen LogP contribution in [0.4, 0.5) is 5.95 Å². The van der Waals surface area contributed by atoms with Crippen LogP contribution in [0, 0.1) is 5.92 Å². The van der Waals surface area contributed by atoms with Crippen LogP contribution in [0.2, 0.25) is 0 Å². The van der Waals surface area contributed by atoms with Crippen molar-refractivity contribution in [3.8, 4) is 0 Å². The fourth-order valence-corrected chi connectivity index (χ4v) is 3.15. The monoisotopic (exact) mass is 330 g/mol. The number of ether oxygens (including phenoxy) is 1. The summed E-state index contributed by atoms with van der Waals surface area (Å²) in [6.07, 6.45) is 2.81. The standard InChI is InChI=1S/C18H26N4O2/c1-2-24-12-6-10-19-17(23)14-7-5-11-22(13-14)18-20-15-8-3-4-9-16(15)21-18/h3-4,8-9,14H,2,5-7,10-13H2,1H3,(H,19,23)(H,20,21)/t14-/m1/s1. The highest BCUT2D eigenvalue weighted by molar-refractivity contribution is 5.80. The predicted molar refractivity (Wildman–Crippen MR) is 95.2 cm³/mol. The Morgan fingerprint density at radius 3 is 3.17 bits per heavy atom. The topological polar surface area (TPSA) is 70.2 Å². The van der Waals surface area contributed by atoms with Crippen LogP contribution >= 0.6 is 0 Å². The van der Waals surface area contributed by atoms with E-state index in [9.17, 15) is 4.79 Å². The third-order valence-electron chi connectivity index (χ3n) is 4.44. The van der Waals surface area contributed by atoms with Crippen molar-refractivity contribution >= 4 is 22.9 Å². The number of para-hydroxylation sites is 2. The van der Waals surface area contributed by atoms with Crippen molar-refractivity contribution in [3.63, 3.8) is 0 Å². The van der Waals surface area contributed by atoms with Crippen molar-refractivity contribution in [2.24, 2.45) is 5.92 Å². The van der Waals surface area contributed by atoms with Crippen LogP contribution < -0.4 is 10.2 Å². The minimum Gasteiger partial charge on any atom is -0.382 e. The molecular weight excluding hydrogens is 304 g/mol. The number of carbonyl (C=O) groups excluding carboxylic acids is 1. The molecule has 2 aromatic rings. The Balaban J connectivity index is 1.54. The van der Waals surface area contributed by atoms with Gasteiger partial charge in [0.05, 0.1) is 17.0 Å². The Morgan fingerprint density at radius 2 is 2.33 bits per heavy atom. The van der Waals surface area contributed by atoms with Crippen LogP contribution in [-0.2, 0) is 9.53 Å². The van der Waals surface area contributed by atoms with E-state index in [-0.39, 0.29) is 11.8 Å². The molecule has 0 radical (unpaired) electrons. The van der Waals surface area contributed by atoms with E-state index in [0.29, 0.717) is 13.2 Å². The molecule has 0 unspecified atom stereocenters. The molecule has 0 aliphatic carbocycles. The Morgan fingerprint density at radius 1 is 1.46 bits per heavy atom. The van der Waals surface area contributed by atoms with E-state index in [2.05, 4.69) is 20.2 Å². The van der Waals surface area contributed by atoms with Crippen molar-refractivity contribution < 1.29 is 9.53 Å². The normalized spacial score (nSPS) is 18.0.